The average molecular weight is 284 g/mol. The molecular formula is C14H24N2O2S. The van der Waals surface area contributed by atoms with Crippen LogP contribution in [0.1, 0.15) is 31.6 Å². The fourth-order valence-corrected chi connectivity index (χ4v) is 2.75. The van der Waals surface area contributed by atoms with Gasteiger partial charge in [-0.3, -0.25) is 0 Å². The van der Waals surface area contributed by atoms with Crippen molar-refractivity contribution in [2.75, 3.05) is 13.2 Å². The van der Waals surface area contributed by atoms with Crippen LogP contribution in [0.25, 0.3) is 0 Å². The van der Waals surface area contributed by atoms with Gasteiger partial charge in [-0.05, 0) is 36.6 Å². The number of amides is 2. The van der Waals surface area contributed by atoms with Crippen LogP contribution in [0.4, 0.5) is 4.79 Å². The first-order chi connectivity index (χ1) is 9.15. The van der Waals surface area contributed by atoms with Gasteiger partial charge >= 0.3 is 6.03 Å². The Morgan fingerprint density at radius 3 is 2.89 bits per heavy atom. The summed E-state index contributed by atoms with van der Waals surface area (Å²) < 4.78 is 0. The molecule has 0 spiro atoms. The minimum absolute atomic E-state index is 0.0533. The summed E-state index contributed by atoms with van der Waals surface area (Å²) >= 11 is 1.75. The molecule has 2 atom stereocenters. The first-order valence-corrected chi connectivity index (χ1v) is 7.71. The van der Waals surface area contributed by atoms with Crippen LogP contribution in [-0.4, -0.2) is 30.3 Å². The van der Waals surface area contributed by atoms with Crippen molar-refractivity contribution in [1.82, 2.24) is 10.6 Å². The monoisotopic (exact) mass is 284 g/mol. The van der Waals surface area contributed by atoms with E-state index in [1.807, 2.05) is 13.0 Å². The summed E-state index contributed by atoms with van der Waals surface area (Å²) in [5.41, 5.74) is 0. The predicted octanol–water partition coefficient (Wildman–Crippen LogP) is 2.39. The zero-order valence-corrected chi connectivity index (χ0v) is 12.5. The van der Waals surface area contributed by atoms with Gasteiger partial charge in [0.1, 0.15) is 0 Å². The molecule has 2 unspecified atom stereocenters. The molecule has 1 aromatic heterocycles. The molecule has 0 radical (unpaired) electrons. The molecule has 0 bridgehead atoms. The van der Waals surface area contributed by atoms with Crippen LogP contribution < -0.4 is 10.6 Å². The number of thiophene rings is 1. The Kier molecular flexibility index (Phi) is 7.52. The summed E-state index contributed by atoms with van der Waals surface area (Å²) in [6, 6.07) is 4.08. The lowest BCUT2D eigenvalue weighted by Crippen LogP contribution is -2.43. The van der Waals surface area contributed by atoms with E-state index in [4.69, 9.17) is 5.11 Å². The van der Waals surface area contributed by atoms with Gasteiger partial charge < -0.3 is 15.7 Å². The highest BCUT2D eigenvalue weighted by Crippen LogP contribution is 2.13. The fraction of sp³-hybridized carbons (Fsp3) is 0.643. The first kappa shape index (κ1) is 16.0. The highest BCUT2D eigenvalue weighted by atomic mass is 32.1. The van der Waals surface area contributed by atoms with E-state index >= 15 is 0 Å². The maximum atomic E-state index is 11.7. The third-order valence-electron chi connectivity index (χ3n) is 3.05. The van der Waals surface area contributed by atoms with E-state index in [1.165, 1.54) is 4.88 Å². The second-order valence-electron chi connectivity index (χ2n) is 4.86. The molecule has 5 heteroatoms. The minimum Gasteiger partial charge on any atom is -0.396 e. The van der Waals surface area contributed by atoms with Crippen molar-refractivity contribution in [1.29, 1.82) is 0 Å². The van der Waals surface area contributed by atoms with Crippen LogP contribution in [0.15, 0.2) is 17.5 Å². The summed E-state index contributed by atoms with van der Waals surface area (Å²) in [4.78, 5) is 13.0. The molecule has 0 saturated heterocycles. The van der Waals surface area contributed by atoms with Gasteiger partial charge in [0.2, 0.25) is 0 Å². The molecule has 1 aromatic rings. The lowest BCUT2D eigenvalue weighted by molar-refractivity contribution is 0.226. The highest BCUT2D eigenvalue weighted by Gasteiger charge is 2.11. The summed E-state index contributed by atoms with van der Waals surface area (Å²) in [7, 11) is 0. The quantitative estimate of drug-likeness (QED) is 0.686. The van der Waals surface area contributed by atoms with Gasteiger partial charge in [-0.25, -0.2) is 4.79 Å². The zero-order chi connectivity index (χ0) is 14.1. The Balaban J connectivity index is 2.21. The number of rotatable bonds is 8. The Morgan fingerprint density at radius 1 is 1.53 bits per heavy atom. The van der Waals surface area contributed by atoms with Gasteiger partial charge in [0.15, 0.2) is 0 Å². The standard InChI is InChI=1S/C14H24N2O2S/c1-3-12(6-7-17)16-14(18)15-10-11(2)9-13-5-4-8-19-13/h4-5,8,11-12,17H,3,6-7,9-10H2,1-2H3,(H2,15,16,18). The third kappa shape index (κ3) is 6.59. The second-order valence-corrected chi connectivity index (χ2v) is 5.89. The number of carbonyl (C=O) groups is 1. The van der Waals surface area contributed by atoms with E-state index in [1.54, 1.807) is 11.3 Å². The average Bonchev–Trinajstić information content (AvgIpc) is 2.88. The number of hydrogen-bond acceptors (Lipinski definition) is 3. The van der Waals surface area contributed by atoms with E-state index in [9.17, 15) is 4.79 Å². The van der Waals surface area contributed by atoms with Crippen molar-refractivity contribution in [2.45, 2.75) is 39.2 Å². The molecule has 19 heavy (non-hydrogen) atoms. The topological polar surface area (TPSA) is 61.4 Å². The van der Waals surface area contributed by atoms with Crippen molar-refractivity contribution in [3.63, 3.8) is 0 Å². The zero-order valence-electron chi connectivity index (χ0n) is 11.7. The number of hydrogen-bond donors (Lipinski definition) is 3. The molecule has 3 N–H and O–H groups in total. The van der Waals surface area contributed by atoms with Crippen LogP contribution >= 0.6 is 11.3 Å². The molecule has 0 saturated carbocycles. The van der Waals surface area contributed by atoms with Crippen LogP contribution in [0.2, 0.25) is 0 Å². The minimum atomic E-state index is -0.140. The Hall–Kier alpha value is -1.07. The molecule has 0 fully saturated rings. The summed E-state index contributed by atoms with van der Waals surface area (Å²) in [5.74, 6) is 0.419. The molecule has 108 valence electrons. The van der Waals surface area contributed by atoms with Gasteiger partial charge in [0, 0.05) is 24.1 Å². The highest BCUT2D eigenvalue weighted by molar-refractivity contribution is 7.09. The summed E-state index contributed by atoms with van der Waals surface area (Å²) in [5, 5.41) is 16.7. The molecule has 1 heterocycles. The van der Waals surface area contributed by atoms with Gasteiger partial charge in [0.05, 0.1) is 0 Å². The maximum Gasteiger partial charge on any atom is 0.315 e. The Bertz CT molecular complexity index is 354. The maximum absolute atomic E-state index is 11.7. The van der Waals surface area contributed by atoms with Gasteiger partial charge in [-0.15, -0.1) is 11.3 Å². The van der Waals surface area contributed by atoms with Crippen LogP contribution in [-0.2, 0) is 6.42 Å². The molecule has 2 amide bonds. The van der Waals surface area contributed by atoms with Crippen LogP contribution in [0, 0.1) is 5.92 Å². The van der Waals surface area contributed by atoms with Gasteiger partial charge in [0.25, 0.3) is 0 Å². The van der Waals surface area contributed by atoms with Crippen molar-refractivity contribution in [3.8, 4) is 0 Å². The number of urea groups is 1. The van der Waals surface area contributed by atoms with Gasteiger partial charge in [-0.1, -0.05) is 19.9 Å². The van der Waals surface area contributed by atoms with Crippen molar-refractivity contribution in [2.24, 2.45) is 5.92 Å². The van der Waals surface area contributed by atoms with E-state index in [-0.39, 0.29) is 18.7 Å². The fourth-order valence-electron chi connectivity index (χ4n) is 1.88. The van der Waals surface area contributed by atoms with Gasteiger partial charge in [-0.2, -0.15) is 0 Å². The number of nitrogens with one attached hydrogen (secondary N) is 2. The Labute approximate surface area is 119 Å². The molecule has 0 aliphatic heterocycles. The largest absolute Gasteiger partial charge is 0.396 e. The SMILES string of the molecule is CCC(CCO)NC(=O)NCC(C)Cc1cccs1. The van der Waals surface area contributed by atoms with Crippen molar-refractivity contribution < 1.29 is 9.90 Å². The third-order valence-corrected chi connectivity index (χ3v) is 3.95. The molecule has 4 nitrogen and oxygen atoms in total. The van der Waals surface area contributed by atoms with Crippen LogP contribution in [0.5, 0.6) is 0 Å². The van der Waals surface area contributed by atoms with Crippen molar-refractivity contribution >= 4 is 17.4 Å². The molecule has 1 rings (SSSR count). The number of carbonyl (C=O) groups excluding carboxylic acids is 1. The molecule has 0 aliphatic carbocycles. The molecule has 0 aliphatic rings. The number of aliphatic hydroxyl groups excluding tert-OH is 1. The van der Waals surface area contributed by atoms with Crippen LogP contribution in [0.3, 0.4) is 0 Å². The van der Waals surface area contributed by atoms with E-state index < -0.39 is 0 Å². The van der Waals surface area contributed by atoms with E-state index in [0.717, 1.165) is 12.8 Å². The molecule has 0 aromatic carbocycles. The summed E-state index contributed by atoms with van der Waals surface area (Å²) in [6.45, 7) is 4.90. The van der Waals surface area contributed by atoms with E-state index in [2.05, 4.69) is 29.0 Å². The Morgan fingerprint density at radius 2 is 2.32 bits per heavy atom. The number of aliphatic hydroxyl groups is 1. The van der Waals surface area contributed by atoms with E-state index in [0.29, 0.717) is 18.9 Å². The summed E-state index contributed by atoms with van der Waals surface area (Å²) in [6.07, 6.45) is 2.43. The predicted molar refractivity (Wildman–Crippen MR) is 79.5 cm³/mol. The lowest BCUT2D eigenvalue weighted by atomic mass is 10.1. The molecular weight excluding hydrogens is 260 g/mol. The lowest BCUT2D eigenvalue weighted by Gasteiger charge is -2.17. The normalized spacial score (nSPS) is 13.8. The smallest absolute Gasteiger partial charge is 0.315 e. The second kappa shape index (κ2) is 8.93. The first-order valence-electron chi connectivity index (χ1n) is 6.83. The van der Waals surface area contributed by atoms with Crippen molar-refractivity contribution in [3.05, 3.63) is 22.4 Å².